The number of aromatic nitrogens is 3. The number of nitrogens with zero attached hydrogens (tertiary/aromatic N) is 3. The van der Waals surface area contributed by atoms with Crippen LogP contribution in [0.25, 0.3) is 22.2 Å². The summed E-state index contributed by atoms with van der Waals surface area (Å²) in [5.74, 6) is 5.60. The van der Waals surface area contributed by atoms with E-state index in [1.54, 1.807) is 18.5 Å². The van der Waals surface area contributed by atoms with Gasteiger partial charge in [-0.3, -0.25) is 9.48 Å². The zero-order valence-electron chi connectivity index (χ0n) is 26.4. The third-order valence-corrected chi connectivity index (χ3v) is 8.53. The number of hydrogen-bond acceptors (Lipinski definition) is 7. The lowest BCUT2D eigenvalue weighted by Crippen LogP contribution is -2.36. The number of nitrogens with two attached hydrogens (primary N) is 2. The van der Waals surface area contributed by atoms with Crippen LogP contribution >= 0.6 is 0 Å². The Hall–Kier alpha value is -5.13. The fourth-order valence-corrected chi connectivity index (χ4v) is 5.90. The van der Waals surface area contributed by atoms with Crippen LogP contribution in [0.5, 0.6) is 11.5 Å². The van der Waals surface area contributed by atoms with E-state index in [0.717, 1.165) is 27.8 Å². The predicted molar refractivity (Wildman–Crippen MR) is 178 cm³/mol. The van der Waals surface area contributed by atoms with E-state index in [-0.39, 0.29) is 24.8 Å². The first-order valence-corrected chi connectivity index (χ1v) is 15.6. The van der Waals surface area contributed by atoms with Crippen molar-refractivity contribution in [3.8, 4) is 22.8 Å². The van der Waals surface area contributed by atoms with Gasteiger partial charge in [0.25, 0.3) is 0 Å². The lowest BCUT2D eigenvalue weighted by molar-refractivity contribution is -0.136. The summed E-state index contributed by atoms with van der Waals surface area (Å²) < 4.78 is 30.1. The molecule has 11 heteroatoms. The molecular weight excluding hydrogens is 599 g/mol. The zero-order chi connectivity index (χ0) is 33.1. The van der Waals surface area contributed by atoms with Crippen molar-refractivity contribution in [3.63, 3.8) is 0 Å². The molecule has 0 radical (unpaired) electrons. The molecule has 3 aromatic carbocycles. The molecule has 47 heavy (non-hydrogen) atoms. The molecule has 0 saturated heterocycles. The number of aliphatic carboxylic acids is 1. The largest absolute Gasteiger partial charge is 0.481 e. The number of fused-ring (bicyclic) bond motifs is 8. The number of rotatable bonds is 4. The van der Waals surface area contributed by atoms with Crippen molar-refractivity contribution in [2.24, 2.45) is 11.6 Å². The Labute approximate surface area is 272 Å². The Bertz CT molecular complexity index is 1930. The van der Waals surface area contributed by atoms with Gasteiger partial charge < -0.3 is 30.3 Å². The molecule has 0 spiro atoms. The number of carboxylic acid groups (broad SMARTS) is 1. The van der Waals surface area contributed by atoms with Crippen molar-refractivity contribution >= 4 is 16.9 Å². The van der Waals surface area contributed by atoms with Crippen molar-refractivity contribution in [1.29, 1.82) is 0 Å². The standard InChI is InChI=1S/C36H39FN6O4/c1-36(2)33(38)22-42(39)21-28-27-13-15-40-31(27)20-29(37)35(28)47-26-9-4-7-24(19-26)30-14-16-43(41-30)32(10-5-17-46-36)25-8-3-6-23(18-25)11-12-34(44)45/h3-4,6-9,13-16,18-20,22,32,40H,5,10-12,17,21,38-39H2,1-2H3,(H,44,45)/b33-22-. The molecule has 1 aliphatic heterocycles. The lowest BCUT2D eigenvalue weighted by Gasteiger charge is -2.28. The molecule has 0 amide bonds. The van der Waals surface area contributed by atoms with Crippen LogP contribution in [0.15, 0.2) is 91.0 Å². The zero-order valence-corrected chi connectivity index (χ0v) is 26.4. The smallest absolute Gasteiger partial charge is 0.303 e. The van der Waals surface area contributed by atoms with Gasteiger partial charge in [0.1, 0.15) is 11.4 Å². The fraction of sp³-hybridized carbons (Fsp3) is 0.278. The lowest BCUT2D eigenvalue weighted by atomic mass is 9.98. The number of ether oxygens (including phenoxy) is 2. The van der Waals surface area contributed by atoms with Crippen molar-refractivity contribution in [1.82, 2.24) is 19.8 Å². The predicted octanol–water partition coefficient (Wildman–Crippen LogP) is 6.63. The van der Waals surface area contributed by atoms with Crippen molar-refractivity contribution < 1.29 is 23.8 Å². The number of carbonyl (C=O) groups is 1. The highest BCUT2D eigenvalue weighted by Crippen LogP contribution is 2.37. The van der Waals surface area contributed by atoms with Gasteiger partial charge in [-0.15, -0.1) is 0 Å². The van der Waals surface area contributed by atoms with Crippen LogP contribution in [-0.2, 0) is 22.5 Å². The normalized spacial score (nSPS) is 18.3. The molecule has 0 saturated carbocycles. The summed E-state index contributed by atoms with van der Waals surface area (Å²) in [6.45, 7) is 4.30. The summed E-state index contributed by atoms with van der Waals surface area (Å²) in [6, 6.07) is 20.4. The molecule has 0 fully saturated rings. The van der Waals surface area contributed by atoms with Gasteiger partial charge in [0, 0.05) is 59.7 Å². The first-order chi connectivity index (χ1) is 22.6. The van der Waals surface area contributed by atoms with Crippen LogP contribution in [0.4, 0.5) is 4.39 Å². The summed E-state index contributed by atoms with van der Waals surface area (Å²) in [4.78, 5) is 14.3. The van der Waals surface area contributed by atoms with Crippen LogP contribution in [0, 0.1) is 5.82 Å². The van der Waals surface area contributed by atoms with E-state index in [9.17, 15) is 9.90 Å². The van der Waals surface area contributed by atoms with Crippen LogP contribution in [0.2, 0.25) is 0 Å². The molecular formula is C36H39FN6O4. The minimum absolute atomic E-state index is 0.0565. The molecule has 6 rings (SSSR count). The quantitative estimate of drug-likeness (QED) is 0.161. The number of H-pyrrole nitrogens is 1. The van der Waals surface area contributed by atoms with E-state index in [1.165, 1.54) is 11.1 Å². The average molecular weight is 639 g/mol. The maximum absolute atomic E-state index is 15.6. The van der Waals surface area contributed by atoms with E-state index in [2.05, 4.69) is 4.98 Å². The highest BCUT2D eigenvalue weighted by Gasteiger charge is 2.25. The molecule has 0 aliphatic carbocycles. The maximum Gasteiger partial charge on any atom is 0.303 e. The van der Waals surface area contributed by atoms with Gasteiger partial charge >= 0.3 is 5.97 Å². The third-order valence-electron chi connectivity index (χ3n) is 8.53. The number of halogens is 1. The third kappa shape index (κ3) is 7.16. The number of nitrogens with one attached hydrogen (secondary N) is 1. The molecule has 2 aromatic heterocycles. The van der Waals surface area contributed by atoms with Crippen LogP contribution in [0.1, 0.15) is 55.8 Å². The van der Waals surface area contributed by atoms with Gasteiger partial charge in [-0.05, 0) is 68.5 Å². The van der Waals surface area contributed by atoms with Gasteiger partial charge in [-0.25, -0.2) is 10.2 Å². The van der Waals surface area contributed by atoms with E-state index >= 15 is 4.39 Å². The fourth-order valence-electron chi connectivity index (χ4n) is 5.90. The molecule has 244 valence electrons. The number of hydrogen-bond donors (Lipinski definition) is 4. The second-order valence-electron chi connectivity index (χ2n) is 12.3. The Balaban J connectivity index is 1.41. The molecule has 3 heterocycles. The Morgan fingerprint density at radius 2 is 1.98 bits per heavy atom. The second-order valence-corrected chi connectivity index (χ2v) is 12.3. The molecule has 6 N–H and O–H groups in total. The summed E-state index contributed by atoms with van der Waals surface area (Å²) in [6.07, 6.45) is 7.19. The molecule has 1 aliphatic rings. The number of carboxylic acids is 1. The van der Waals surface area contributed by atoms with Crippen LogP contribution in [0.3, 0.4) is 0 Å². The van der Waals surface area contributed by atoms with Gasteiger partial charge in [0.2, 0.25) is 0 Å². The minimum atomic E-state index is -0.838. The van der Waals surface area contributed by atoms with Crippen LogP contribution < -0.4 is 16.3 Å². The first-order valence-electron chi connectivity index (χ1n) is 15.6. The van der Waals surface area contributed by atoms with Crippen molar-refractivity contribution in [3.05, 3.63) is 114 Å². The Morgan fingerprint density at radius 1 is 1.15 bits per heavy atom. The summed E-state index contributed by atoms with van der Waals surface area (Å²) in [7, 11) is 0. The van der Waals surface area contributed by atoms with E-state index in [4.69, 9.17) is 26.1 Å². The number of aryl methyl sites for hydroxylation is 1. The maximum atomic E-state index is 15.6. The van der Waals surface area contributed by atoms with Gasteiger partial charge in [-0.2, -0.15) is 5.10 Å². The summed E-state index contributed by atoms with van der Waals surface area (Å²) in [5.41, 5.74) is 10.8. The van der Waals surface area contributed by atoms with E-state index in [0.29, 0.717) is 48.4 Å². The second kappa shape index (κ2) is 13.3. The monoisotopic (exact) mass is 638 g/mol. The minimum Gasteiger partial charge on any atom is -0.481 e. The summed E-state index contributed by atoms with van der Waals surface area (Å²) in [5, 5.41) is 16.4. The summed E-state index contributed by atoms with van der Waals surface area (Å²) >= 11 is 0. The topological polar surface area (TPSA) is 145 Å². The van der Waals surface area contributed by atoms with Gasteiger partial charge in [-0.1, -0.05) is 36.4 Å². The van der Waals surface area contributed by atoms with Gasteiger partial charge in [0.05, 0.1) is 24.0 Å². The Morgan fingerprint density at radius 3 is 2.81 bits per heavy atom. The van der Waals surface area contributed by atoms with E-state index < -0.39 is 17.4 Å². The molecule has 5 aromatic rings. The van der Waals surface area contributed by atoms with Gasteiger partial charge in [0.15, 0.2) is 11.6 Å². The average Bonchev–Trinajstić information content (AvgIpc) is 3.72. The van der Waals surface area contributed by atoms with Crippen molar-refractivity contribution in [2.45, 2.75) is 57.7 Å². The van der Waals surface area contributed by atoms with Crippen molar-refractivity contribution in [2.75, 3.05) is 6.61 Å². The van der Waals surface area contributed by atoms with E-state index in [1.807, 2.05) is 79.3 Å². The highest BCUT2D eigenvalue weighted by atomic mass is 19.1. The molecule has 10 nitrogen and oxygen atoms in total. The number of benzene rings is 3. The SMILES string of the molecule is CC1(C)OCCCC(c2cccc(CCC(=O)O)c2)n2ccc(n2)-c2cccc(c2)Oc2c(F)cc3[nH]ccc3c2CN(N)/C=C/1N. The van der Waals surface area contributed by atoms with Crippen LogP contribution in [-0.4, -0.2) is 43.1 Å². The highest BCUT2D eigenvalue weighted by molar-refractivity contribution is 5.85. The molecule has 1 atom stereocenters. The Kier molecular flexibility index (Phi) is 9.01. The molecule has 1 unspecified atom stereocenters. The number of aromatic amines is 1. The first kappa shape index (κ1) is 31.8. The molecule has 4 bridgehead atoms. The number of hydrazine groups is 1.